The first kappa shape index (κ1) is 19.9. The number of phenolic OH excluding ortho intramolecular Hbond substituents is 1. The van der Waals surface area contributed by atoms with Gasteiger partial charge < -0.3 is 14.4 Å². The summed E-state index contributed by atoms with van der Waals surface area (Å²) in [5.41, 5.74) is 1.88. The van der Waals surface area contributed by atoms with Crippen molar-refractivity contribution >= 4 is 0 Å². The smallest absolute Gasteiger partial charge is 0.233 e. The molecule has 2 unspecified atom stereocenters. The van der Waals surface area contributed by atoms with Gasteiger partial charge in [0.25, 0.3) is 0 Å². The van der Waals surface area contributed by atoms with Crippen molar-refractivity contribution in [1.82, 2.24) is 24.6 Å². The zero-order chi connectivity index (χ0) is 21.5. The van der Waals surface area contributed by atoms with Crippen LogP contribution in [0.1, 0.15) is 26.2 Å². The van der Waals surface area contributed by atoms with Gasteiger partial charge in [0.15, 0.2) is 6.17 Å². The summed E-state index contributed by atoms with van der Waals surface area (Å²) in [5.74, 6) is 0.939. The van der Waals surface area contributed by atoms with E-state index in [0.717, 1.165) is 18.5 Å². The normalized spacial score (nSPS) is 28.4. The minimum Gasteiger partial charge on any atom is -0.507 e. The molecule has 0 radical (unpaired) electrons. The number of piperidine rings is 2. The number of aromatic hydroxyl groups is 1. The molecule has 2 aromatic heterocycles. The molecule has 31 heavy (non-hydrogen) atoms. The second-order valence-corrected chi connectivity index (χ2v) is 8.73. The number of alkyl halides is 1. The standard InChI is InChI=1S/C23H26FN5O2/c1-14-9-16-12-21(23(24)19(10-14)28(16)2)31-22-6-5-18(26-27-22)17-4-3-15(11-20(17)30)29-8-7-25-13-29/h3-8,11,13-14,16,19,21,23,30H,9-10,12H2,1-2H3/t14-,16?,19?,21+,23+/m1/s1. The van der Waals surface area contributed by atoms with E-state index in [1.165, 1.54) is 0 Å². The lowest BCUT2D eigenvalue weighted by molar-refractivity contribution is -0.0755. The monoisotopic (exact) mass is 423 g/mol. The van der Waals surface area contributed by atoms with Gasteiger partial charge in [-0.2, -0.15) is 0 Å². The number of imidazole rings is 1. The fraction of sp³-hybridized carbons (Fsp3) is 0.435. The average Bonchev–Trinajstić information content (AvgIpc) is 3.29. The number of halogens is 1. The Morgan fingerprint density at radius 2 is 2.00 bits per heavy atom. The fourth-order valence-electron chi connectivity index (χ4n) is 4.94. The summed E-state index contributed by atoms with van der Waals surface area (Å²) < 4.78 is 22.9. The van der Waals surface area contributed by atoms with Gasteiger partial charge in [-0.05, 0) is 44.0 Å². The zero-order valence-corrected chi connectivity index (χ0v) is 17.6. The van der Waals surface area contributed by atoms with Crippen LogP contribution >= 0.6 is 0 Å². The van der Waals surface area contributed by atoms with Crippen LogP contribution in [-0.2, 0) is 0 Å². The Hall–Kier alpha value is -3.00. The molecule has 1 N–H and O–H groups in total. The van der Waals surface area contributed by atoms with E-state index in [-0.39, 0.29) is 11.8 Å². The lowest BCUT2D eigenvalue weighted by atomic mass is 9.77. The molecule has 2 saturated heterocycles. The summed E-state index contributed by atoms with van der Waals surface area (Å²) in [7, 11) is 2.02. The molecule has 0 saturated carbocycles. The minimum absolute atomic E-state index is 0.0928. The van der Waals surface area contributed by atoms with Crippen molar-refractivity contribution < 1.29 is 14.2 Å². The van der Waals surface area contributed by atoms with E-state index in [1.54, 1.807) is 47.6 Å². The van der Waals surface area contributed by atoms with Crippen molar-refractivity contribution in [1.29, 1.82) is 0 Å². The van der Waals surface area contributed by atoms with Crippen LogP contribution in [0.5, 0.6) is 11.6 Å². The first-order valence-corrected chi connectivity index (χ1v) is 10.7. The van der Waals surface area contributed by atoms with Crippen LogP contribution in [0.15, 0.2) is 49.1 Å². The molecule has 8 heteroatoms. The number of ether oxygens (including phenoxy) is 1. The highest BCUT2D eigenvalue weighted by molar-refractivity contribution is 5.68. The van der Waals surface area contributed by atoms with Crippen molar-refractivity contribution in [2.75, 3.05) is 7.05 Å². The van der Waals surface area contributed by atoms with Gasteiger partial charge in [0.05, 0.1) is 17.7 Å². The number of rotatable bonds is 4. The molecular formula is C23H26FN5O2. The van der Waals surface area contributed by atoms with Gasteiger partial charge in [0.1, 0.15) is 11.9 Å². The minimum atomic E-state index is -1.05. The molecule has 2 fully saturated rings. The highest BCUT2D eigenvalue weighted by Crippen LogP contribution is 2.38. The lowest BCUT2D eigenvalue weighted by Gasteiger charge is -2.50. The van der Waals surface area contributed by atoms with Gasteiger partial charge in [-0.25, -0.2) is 9.37 Å². The van der Waals surface area contributed by atoms with Crippen LogP contribution in [-0.4, -0.2) is 61.2 Å². The summed E-state index contributed by atoms with van der Waals surface area (Å²) in [6.45, 7) is 2.20. The Morgan fingerprint density at radius 1 is 1.13 bits per heavy atom. The number of fused-ring (bicyclic) bond motifs is 2. The van der Waals surface area contributed by atoms with Crippen molar-refractivity contribution in [3.63, 3.8) is 0 Å². The third-order valence-corrected chi connectivity index (χ3v) is 6.62. The Labute approximate surface area is 180 Å². The van der Waals surface area contributed by atoms with Crippen molar-refractivity contribution in [2.45, 2.75) is 50.5 Å². The number of phenols is 1. The van der Waals surface area contributed by atoms with Crippen molar-refractivity contribution in [2.24, 2.45) is 5.92 Å². The van der Waals surface area contributed by atoms with Crippen LogP contribution in [0.2, 0.25) is 0 Å². The topological polar surface area (TPSA) is 76.3 Å². The lowest BCUT2D eigenvalue weighted by Crippen LogP contribution is -2.60. The molecule has 5 atom stereocenters. The molecule has 0 spiro atoms. The maximum absolute atomic E-state index is 15.1. The second kappa shape index (κ2) is 7.92. The van der Waals surface area contributed by atoms with E-state index in [9.17, 15) is 5.11 Å². The van der Waals surface area contributed by atoms with Gasteiger partial charge in [0, 0.05) is 48.6 Å². The van der Waals surface area contributed by atoms with Gasteiger partial charge in [-0.1, -0.05) is 6.92 Å². The SMILES string of the molecule is C[C@@H]1CC2C[C@H](Oc3ccc(-c4ccc(-n5ccnc5)cc4O)nn3)[C@@H](F)C(C1)N2C. The Bertz CT molecular complexity index is 1040. The molecule has 1 aromatic carbocycles. The summed E-state index contributed by atoms with van der Waals surface area (Å²) in [4.78, 5) is 6.19. The van der Waals surface area contributed by atoms with E-state index in [1.807, 2.05) is 13.1 Å². The quantitative estimate of drug-likeness (QED) is 0.691. The van der Waals surface area contributed by atoms with Crippen LogP contribution in [0.25, 0.3) is 16.9 Å². The third-order valence-electron chi connectivity index (χ3n) is 6.62. The van der Waals surface area contributed by atoms with Crippen LogP contribution in [0.3, 0.4) is 0 Å². The number of benzene rings is 1. The maximum atomic E-state index is 15.1. The highest BCUT2D eigenvalue weighted by Gasteiger charge is 2.46. The molecule has 7 nitrogen and oxygen atoms in total. The van der Waals surface area contributed by atoms with Gasteiger partial charge in [-0.15, -0.1) is 10.2 Å². The highest BCUT2D eigenvalue weighted by atomic mass is 19.1. The number of hydrogen-bond donors (Lipinski definition) is 1. The zero-order valence-electron chi connectivity index (χ0n) is 17.6. The molecule has 5 rings (SSSR count). The summed E-state index contributed by atoms with van der Waals surface area (Å²) in [6, 6.07) is 8.96. The molecule has 162 valence electrons. The Morgan fingerprint density at radius 3 is 2.71 bits per heavy atom. The molecule has 0 aliphatic carbocycles. The first-order chi connectivity index (χ1) is 15.0. The van der Waals surface area contributed by atoms with Crippen LogP contribution in [0.4, 0.5) is 4.39 Å². The van der Waals surface area contributed by atoms with Crippen molar-refractivity contribution in [3.8, 4) is 28.6 Å². The largest absolute Gasteiger partial charge is 0.507 e. The number of nitrogens with zero attached hydrogens (tertiary/aromatic N) is 5. The molecule has 2 aliphatic rings. The maximum Gasteiger partial charge on any atom is 0.233 e. The van der Waals surface area contributed by atoms with E-state index in [0.29, 0.717) is 35.5 Å². The Balaban J connectivity index is 1.31. The van der Waals surface area contributed by atoms with E-state index < -0.39 is 12.3 Å². The molecule has 3 aromatic rings. The number of hydrogen-bond acceptors (Lipinski definition) is 6. The third kappa shape index (κ3) is 3.76. The van der Waals surface area contributed by atoms with Crippen LogP contribution < -0.4 is 4.74 Å². The summed E-state index contributed by atoms with van der Waals surface area (Å²) in [5, 5.41) is 18.8. The molecule has 4 heterocycles. The molecule has 0 amide bonds. The van der Waals surface area contributed by atoms with Crippen LogP contribution in [0, 0.1) is 5.92 Å². The first-order valence-electron chi connectivity index (χ1n) is 10.7. The second-order valence-electron chi connectivity index (χ2n) is 8.73. The summed E-state index contributed by atoms with van der Waals surface area (Å²) in [6.07, 6.45) is 6.15. The van der Waals surface area contributed by atoms with E-state index >= 15 is 4.39 Å². The van der Waals surface area contributed by atoms with Gasteiger partial charge in [0.2, 0.25) is 5.88 Å². The van der Waals surface area contributed by atoms with Crippen molar-refractivity contribution in [3.05, 3.63) is 49.1 Å². The van der Waals surface area contributed by atoms with E-state index in [2.05, 4.69) is 27.0 Å². The average molecular weight is 423 g/mol. The fourth-order valence-corrected chi connectivity index (χ4v) is 4.94. The predicted molar refractivity (Wildman–Crippen MR) is 114 cm³/mol. The molecule has 2 bridgehead atoms. The van der Waals surface area contributed by atoms with Gasteiger partial charge >= 0.3 is 0 Å². The Kier molecular flexibility index (Phi) is 5.09. The van der Waals surface area contributed by atoms with E-state index in [4.69, 9.17) is 4.74 Å². The summed E-state index contributed by atoms with van der Waals surface area (Å²) >= 11 is 0. The predicted octanol–water partition coefficient (Wildman–Crippen LogP) is 3.62. The molecule has 2 aliphatic heterocycles. The van der Waals surface area contributed by atoms with Gasteiger partial charge in [-0.3, -0.25) is 4.90 Å². The molecular weight excluding hydrogens is 397 g/mol. The number of aromatic nitrogens is 4.